The van der Waals surface area contributed by atoms with E-state index in [2.05, 4.69) is 9.72 Å². The Morgan fingerprint density at radius 2 is 1.79 bits per heavy atom. The van der Waals surface area contributed by atoms with Crippen LogP contribution in [-0.4, -0.2) is 16.5 Å². The van der Waals surface area contributed by atoms with E-state index in [1.165, 1.54) is 0 Å². The molecule has 1 heterocycles. The van der Waals surface area contributed by atoms with Gasteiger partial charge < -0.3 is 15.6 Å². The quantitative estimate of drug-likeness (QED) is 0.835. The molecule has 0 saturated carbocycles. The van der Waals surface area contributed by atoms with Crippen LogP contribution in [-0.2, 0) is 19.3 Å². The first-order valence-electron chi connectivity index (χ1n) is 4.75. The normalized spacial score (nSPS) is 12.6. The fourth-order valence-electron chi connectivity index (χ4n) is 1.30. The second-order valence-corrected chi connectivity index (χ2v) is 3.36. The molecule has 0 aliphatic rings. The van der Waals surface area contributed by atoms with Crippen molar-refractivity contribution in [3.8, 4) is 5.88 Å². The van der Waals surface area contributed by atoms with E-state index in [0.29, 0.717) is 6.07 Å². The molecular formula is C9H8F6N2O2. The summed E-state index contributed by atoms with van der Waals surface area (Å²) in [5.74, 6) is -1.31. The molecule has 0 radical (unpaired) electrons. The molecule has 0 fully saturated rings. The van der Waals surface area contributed by atoms with Gasteiger partial charge in [0, 0.05) is 12.1 Å². The summed E-state index contributed by atoms with van der Waals surface area (Å²) in [5, 5.41) is 8.87. The SMILES string of the molecule is NCc1c(CO)cc(C(F)(F)F)nc1OC(F)(F)F. The van der Waals surface area contributed by atoms with Crippen molar-refractivity contribution in [3.63, 3.8) is 0 Å². The van der Waals surface area contributed by atoms with Crippen LogP contribution < -0.4 is 10.5 Å². The number of aromatic nitrogens is 1. The monoisotopic (exact) mass is 290 g/mol. The molecule has 1 rings (SSSR count). The Bertz CT molecular complexity index is 457. The summed E-state index contributed by atoms with van der Waals surface area (Å²) in [6.07, 6.45) is -10.2. The molecule has 0 atom stereocenters. The van der Waals surface area contributed by atoms with Gasteiger partial charge in [0.2, 0.25) is 5.88 Å². The number of hydrogen-bond donors (Lipinski definition) is 2. The summed E-state index contributed by atoms with van der Waals surface area (Å²) in [6, 6.07) is 0.422. The zero-order chi connectivity index (χ0) is 14.8. The van der Waals surface area contributed by atoms with Gasteiger partial charge in [-0.3, -0.25) is 0 Å². The molecule has 3 N–H and O–H groups in total. The number of rotatable bonds is 3. The Labute approximate surface area is 102 Å². The van der Waals surface area contributed by atoms with E-state index in [1.807, 2.05) is 0 Å². The Morgan fingerprint density at radius 3 is 2.16 bits per heavy atom. The lowest BCUT2D eigenvalue weighted by molar-refractivity contribution is -0.276. The number of ether oxygens (including phenoxy) is 1. The number of alkyl halides is 6. The van der Waals surface area contributed by atoms with Gasteiger partial charge in [0.25, 0.3) is 0 Å². The molecule has 19 heavy (non-hydrogen) atoms. The third-order valence-electron chi connectivity index (χ3n) is 2.06. The van der Waals surface area contributed by atoms with Gasteiger partial charge in [-0.05, 0) is 11.6 Å². The Balaban J connectivity index is 3.40. The van der Waals surface area contributed by atoms with E-state index in [9.17, 15) is 26.3 Å². The lowest BCUT2D eigenvalue weighted by atomic mass is 10.1. The maximum Gasteiger partial charge on any atom is 0.574 e. The fourth-order valence-corrected chi connectivity index (χ4v) is 1.30. The molecule has 0 spiro atoms. The minimum Gasteiger partial charge on any atom is -0.392 e. The van der Waals surface area contributed by atoms with Crippen LogP contribution in [0.2, 0.25) is 0 Å². The van der Waals surface area contributed by atoms with Crippen LogP contribution in [0, 0.1) is 0 Å². The first-order valence-corrected chi connectivity index (χ1v) is 4.75. The average Bonchev–Trinajstić information content (AvgIpc) is 2.24. The van der Waals surface area contributed by atoms with Crippen molar-refractivity contribution >= 4 is 0 Å². The minimum atomic E-state index is -5.21. The van der Waals surface area contributed by atoms with Gasteiger partial charge in [-0.25, -0.2) is 4.98 Å². The molecule has 0 amide bonds. The number of nitrogens with zero attached hydrogens (tertiary/aromatic N) is 1. The van der Waals surface area contributed by atoms with Gasteiger partial charge in [0.1, 0.15) is 5.69 Å². The van der Waals surface area contributed by atoms with E-state index in [0.717, 1.165) is 0 Å². The lowest BCUT2D eigenvalue weighted by Gasteiger charge is -2.16. The molecule has 0 aromatic carbocycles. The third-order valence-corrected chi connectivity index (χ3v) is 2.06. The van der Waals surface area contributed by atoms with Crippen molar-refractivity contribution in [1.29, 1.82) is 0 Å². The van der Waals surface area contributed by atoms with Gasteiger partial charge in [0.05, 0.1) is 6.61 Å². The second-order valence-electron chi connectivity index (χ2n) is 3.36. The summed E-state index contributed by atoms with van der Waals surface area (Å²) in [5.41, 5.74) is 2.66. The zero-order valence-electron chi connectivity index (χ0n) is 9.14. The van der Waals surface area contributed by atoms with Crippen LogP contribution in [0.4, 0.5) is 26.3 Å². The highest BCUT2D eigenvalue weighted by Gasteiger charge is 2.37. The molecule has 0 saturated heterocycles. The molecule has 1 aromatic heterocycles. The highest BCUT2D eigenvalue weighted by Crippen LogP contribution is 2.34. The number of aliphatic hydroxyl groups excluding tert-OH is 1. The molecular weight excluding hydrogens is 282 g/mol. The van der Waals surface area contributed by atoms with Crippen molar-refractivity contribution in [3.05, 3.63) is 22.9 Å². The topological polar surface area (TPSA) is 68.4 Å². The van der Waals surface area contributed by atoms with Crippen molar-refractivity contribution in [1.82, 2.24) is 4.98 Å². The average molecular weight is 290 g/mol. The number of nitrogens with two attached hydrogens (primary N) is 1. The first kappa shape index (κ1) is 15.5. The van der Waals surface area contributed by atoms with Gasteiger partial charge in [-0.2, -0.15) is 13.2 Å². The van der Waals surface area contributed by atoms with Crippen molar-refractivity contribution in [2.45, 2.75) is 25.7 Å². The summed E-state index contributed by atoms with van der Waals surface area (Å²) in [4.78, 5) is 2.75. The maximum atomic E-state index is 12.4. The minimum absolute atomic E-state index is 0.422. The smallest absolute Gasteiger partial charge is 0.392 e. The van der Waals surface area contributed by atoms with Gasteiger partial charge >= 0.3 is 12.5 Å². The zero-order valence-corrected chi connectivity index (χ0v) is 9.14. The summed E-state index contributed by atoms with van der Waals surface area (Å²) in [6.45, 7) is -1.49. The van der Waals surface area contributed by atoms with Crippen LogP contribution in [0.5, 0.6) is 5.88 Å². The van der Waals surface area contributed by atoms with Gasteiger partial charge in [0.15, 0.2) is 0 Å². The molecule has 10 heteroatoms. The van der Waals surface area contributed by atoms with Crippen molar-refractivity contribution in [2.24, 2.45) is 5.73 Å². The molecule has 1 aromatic rings. The van der Waals surface area contributed by atoms with Gasteiger partial charge in [-0.1, -0.05) is 0 Å². The molecule has 0 aliphatic heterocycles. The third kappa shape index (κ3) is 3.96. The molecule has 4 nitrogen and oxygen atoms in total. The number of pyridine rings is 1. The van der Waals surface area contributed by atoms with Crippen molar-refractivity contribution < 1.29 is 36.2 Å². The number of halogens is 6. The summed E-state index contributed by atoms with van der Waals surface area (Å²) in [7, 11) is 0. The summed E-state index contributed by atoms with van der Waals surface area (Å²) < 4.78 is 76.9. The van der Waals surface area contributed by atoms with Crippen LogP contribution >= 0.6 is 0 Å². The van der Waals surface area contributed by atoms with Crippen molar-refractivity contribution in [2.75, 3.05) is 0 Å². The Hall–Kier alpha value is -1.55. The molecule has 108 valence electrons. The van der Waals surface area contributed by atoms with Crippen LogP contribution in [0.25, 0.3) is 0 Å². The standard InChI is InChI=1S/C9H8F6N2O2/c10-8(11,12)6-1-4(3-18)5(2-16)7(17-6)19-9(13,14)15/h1,18H,2-3,16H2. The Morgan fingerprint density at radius 1 is 1.21 bits per heavy atom. The summed E-state index contributed by atoms with van der Waals surface area (Å²) >= 11 is 0. The molecule has 0 aliphatic carbocycles. The van der Waals surface area contributed by atoms with Crippen LogP contribution in [0.3, 0.4) is 0 Å². The highest BCUT2D eigenvalue weighted by atomic mass is 19.4. The number of aliphatic hydroxyl groups is 1. The first-order chi connectivity index (χ1) is 8.58. The largest absolute Gasteiger partial charge is 0.574 e. The van der Waals surface area contributed by atoms with E-state index >= 15 is 0 Å². The van der Waals surface area contributed by atoms with E-state index in [1.54, 1.807) is 0 Å². The van der Waals surface area contributed by atoms with Crippen LogP contribution in [0.15, 0.2) is 6.07 Å². The lowest BCUT2D eigenvalue weighted by Crippen LogP contribution is -2.22. The Kier molecular flexibility index (Phi) is 4.25. The maximum absolute atomic E-state index is 12.4. The van der Waals surface area contributed by atoms with E-state index in [4.69, 9.17) is 10.8 Å². The molecule has 0 bridgehead atoms. The van der Waals surface area contributed by atoms with Gasteiger partial charge in [-0.15, -0.1) is 13.2 Å². The predicted molar refractivity (Wildman–Crippen MR) is 49.7 cm³/mol. The fraction of sp³-hybridized carbons (Fsp3) is 0.444. The second kappa shape index (κ2) is 5.21. The van der Waals surface area contributed by atoms with Crippen LogP contribution in [0.1, 0.15) is 16.8 Å². The predicted octanol–water partition coefficient (Wildman–Crippen LogP) is 1.95. The highest BCUT2D eigenvalue weighted by molar-refractivity contribution is 5.37. The van der Waals surface area contributed by atoms with E-state index < -0.39 is 48.4 Å². The number of hydrogen-bond acceptors (Lipinski definition) is 4. The van der Waals surface area contributed by atoms with E-state index in [-0.39, 0.29) is 0 Å². The molecule has 0 unspecified atom stereocenters.